The van der Waals surface area contributed by atoms with E-state index >= 15 is 0 Å². The Balaban J connectivity index is 3.08. The average Bonchev–Trinajstić information content (AvgIpc) is 1.99. The Bertz CT molecular complexity index is 373. The third-order valence-electron chi connectivity index (χ3n) is 1.79. The van der Waals surface area contributed by atoms with Crippen molar-refractivity contribution in [1.29, 1.82) is 0 Å². The fourth-order valence-electron chi connectivity index (χ4n) is 1.23. The summed E-state index contributed by atoms with van der Waals surface area (Å²) in [6.07, 6.45) is 0. The fraction of sp³-hybridized carbons (Fsp3) is 0.222. The van der Waals surface area contributed by atoms with Gasteiger partial charge in [0.1, 0.15) is 6.54 Å². The molecule has 82 valence electrons. The summed E-state index contributed by atoms with van der Waals surface area (Å²) in [6.45, 7) is -0.177. The van der Waals surface area contributed by atoms with Crippen molar-refractivity contribution in [2.24, 2.45) is 0 Å². The minimum absolute atomic E-state index is 0.177. The number of nitrogens with zero attached hydrogens (tertiary/aromatic N) is 1. The lowest BCUT2D eigenvalue weighted by atomic mass is 10.2. The molecule has 0 unspecified atom stereocenters. The molecule has 0 aliphatic heterocycles. The molecule has 15 heavy (non-hydrogen) atoms. The SMILES string of the molecule is CN(CC(=O)O)c1c(Cl)cc(N)cc1Cl. The standard InChI is InChI=1S/C9H10Cl2N2O2/c1-13(4-8(14)15)9-6(10)2-5(12)3-7(9)11/h2-3H,4,12H2,1H3,(H,14,15). The van der Waals surface area contributed by atoms with Crippen molar-refractivity contribution in [2.45, 2.75) is 0 Å². The van der Waals surface area contributed by atoms with Gasteiger partial charge in [0.05, 0.1) is 15.7 Å². The minimum Gasteiger partial charge on any atom is -0.480 e. The highest BCUT2D eigenvalue weighted by molar-refractivity contribution is 6.39. The molecule has 3 N–H and O–H groups in total. The molecule has 1 aromatic rings. The predicted octanol–water partition coefficient (Wildman–Crippen LogP) is 2.10. The van der Waals surface area contributed by atoms with Crippen LogP contribution in [0.25, 0.3) is 0 Å². The number of hydrogen-bond donors (Lipinski definition) is 2. The molecule has 0 saturated heterocycles. The van der Waals surface area contributed by atoms with Gasteiger partial charge in [-0.05, 0) is 12.1 Å². The number of hydrogen-bond acceptors (Lipinski definition) is 3. The van der Waals surface area contributed by atoms with Crippen LogP contribution < -0.4 is 10.6 Å². The number of carboxylic acids is 1. The zero-order valence-corrected chi connectivity index (χ0v) is 9.51. The van der Waals surface area contributed by atoms with Gasteiger partial charge in [-0.1, -0.05) is 23.2 Å². The second kappa shape index (κ2) is 4.59. The van der Waals surface area contributed by atoms with Gasteiger partial charge in [0.15, 0.2) is 0 Å². The fourth-order valence-corrected chi connectivity index (χ4v) is 2.02. The van der Waals surface area contributed by atoms with Crippen molar-refractivity contribution in [3.63, 3.8) is 0 Å². The molecule has 1 aromatic carbocycles. The Hall–Kier alpha value is -1.13. The van der Waals surface area contributed by atoms with Crippen LogP contribution in [0.4, 0.5) is 11.4 Å². The third-order valence-corrected chi connectivity index (χ3v) is 2.37. The Morgan fingerprint density at radius 1 is 1.47 bits per heavy atom. The summed E-state index contributed by atoms with van der Waals surface area (Å²) in [4.78, 5) is 12.0. The molecule has 0 aliphatic rings. The van der Waals surface area contributed by atoms with E-state index in [9.17, 15) is 4.79 Å². The Morgan fingerprint density at radius 2 is 1.93 bits per heavy atom. The Labute approximate surface area is 97.2 Å². The number of rotatable bonds is 3. The number of carbonyl (C=O) groups is 1. The average molecular weight is 249 g/mol. The number of nitrogens with two attached hydrogens (primary N) is 1. The van der Waals surface area contributed by atoms with Crippen LogP contribution in [0.2, 0.25) is 10.0 Å². The second-order valence-electron chi connectivity index (χ2n) is 3.08. The summed E-state index contributed by atoms with van der Waals surface area (Å²) in [5.41, 5.74) is 6.44. The molecule has 4 nitrogen and oxygen atoms in total. The van der Waals surface area contributed by atoms with Crippen molar-refractivity contribution >= 4 is 40.5 Å². The number of benzene rings is 1. The van der Waals surface area contributed by atoms with Gasteiger partial charge in [-0.15, -0.1) is 0 Å². The zero-order chi connectivity index (χ0) is 11.6. The first-order chi connectivity index (χ1) is 6.91. The summed E-state index contributed by atoms with van der Waals surface area (Å²) in [5, 5.41) is 9.30. The van der Waals surface area contributed by atoms with Gasteiger partial charge in [-0.25, -0.2) is 0 Å². The van der Waals surface area contributed by atoms with E-state index in [1.165, 1.54) is 17.0 Å². The van der Waals surface area contributed by atoms with Gasteiger partial charge in [0, 0.05) is 12.7 Å². The highest BCUT2D eigenvalue weighted by Gasteiger charge is 2.13. The van der Waals surface area contributed by atoms with Gasteiger partial charge < -0.3 is 15.7 Å². The maximum absolute atomic E-state index is 10.5. The van der Waals surface area contributed by atoms with Crippen molar-refractivity contribution < 1.29 is 9.90 Å². The van der Waals surface area contributed by atoms with E-state index < -0.39 is 5.97 Å². The second-order valence-corrected chi connectivity index (χ2v) is 3.90. The van der Waals surface area contributed by atoms with E-state index in [1.54, 1.807) is 7.05 Å². The molecule has 0 aliphatic carbocycles. The quantitative estimate of drug-likeness (QED) is 0.805. The monoisotopic (exact) mass is 248 g/mol. The van der Waals surface area contributed by atoms with Crippen LogP contribution in [-0.2, 0) is 4.79 Å². The van der Waals surface area contributed by atoms with E-state index in [-0.39, 0.29) is 6.54 Å². The van der Waals surface area contributed by atoms with Gasteiger partial charge in [-0.2, -0.15) is 0 Å². The van der Waals surface area contributed by atoms with Gasteiger partial charge in [0.2, 0.25) is 0 Å². The maximum atomic E-state index is 10.5. The molecule has 0 atom stereocenters. The van der Waals surface area contributed by atoms with E-state index in [0.717, 1.165) is 0 Å². The maximum Gasteiger partial charge on any atom is 0.323 e. The summed E-state index contributed by atoms with van der Waals surface area (Å²) in [5.74, 6) is -0.957. The summed E-state index contributed by atoms with van der Waals surface area (Å²) >= 11 is 11.8. The molecule has 6 heteroatoms. The largest absolute Gasteiger partial charge is 0.480 e. The lowest BCUT2D eigenvalue weighted by Gasteiger charge is -2.19. The van der Waals surface area contributed by atoms with Crippen LogP contribution in [0.3, 0.4) is 0 Å². The molecule has 0 saturated carbocycles. The van der Waals surface area contributed by atoms with E-state index in [4.69, 9.17) is 34.0 Å². The highest BCUT2D eigenvalue weighted by Crippen LogP contribution is 2.35. The van der Waals surface area contributed by atoms with Crippen LogP contribution in [0.15, 0.2) is 12.1 Å². The Kier molecular flexibility index (Phi) is 3.66. The predicted molar refractivity (Wildman–Crippen MR) is 61.8 cm³/mol. The molecule has 0 bridgehead atoms. The first kappa shape index (κ1) is 11.9. The van der Waals surface area contributed by atoms with E-state index in [0.29, 0.717) is 21.4 Å². The number of nitrogen functional groups attached to an aromatic ring is 1. The molecule has 0 heterocycles. The summed E-state index contributed by atoms with van der Waals surface area (Å²) in [7, 11) is 1.59. The lowest BCUT2D eigenvalue weighted by Crippen LogP contribution is -2.25. The van der Waals surface area contributed by atoms with Gasteiger partial charge in [-0.3, -0.25) is 4.79 Å². The van der Waals surface area contributed by atoms with Crippen molar-refractivity contribution in [3.8, 4) is 0 Å². The van der Waals surface area contributed by atoms with Crippen LogP contribution in [0.1, 0.15) is 0 Å². The lowest BCUT2D eigenvalue weighted by molar-refractivity contribution is -0.135. The molecule has 0 aromatic heterocycles. The third kappa shape index (κ3) is 2.91. The smallest absolute Gasteiger partial charge is 0.323 e. The number of aliphatic carboxylic acids is 1. The van der Waals surface area contributed by atoms with Crippen molar-refractivity contribution in [2.75, 3.05) is 24.2 Å². The van der Waals surface area contributed by atoms with Crippen LogP contribution in [0.5, 0.6) is 0 Å². The van der Waals surface area contributed by atoms with Crippen LogP contribution in [0, 0.1) is 0 Å². The highest BCUT2D eigenvalue weighted by atomic mass is 35.5. The molecular weight excluding hydrogens is 239 g/mol. The first-order valence-corrected chi connectivity index (χ1v) is 4.85. The minimum atomic E-state index is -0.957. The number of halogens is 2. The zero-order valence-electron chi connectivity index (χ0n) is 8.00. The Morgan fingerprint density at radius 3 is 2.33 bits per heavy atom. The van der Waals surface area contributed by atoms with Crippen LogP contribution in [-0.4, -0.2) is 24.7 Å². The number of carboxylic acid groups (broad SMARTS) is 1. The number of anilines is 2. The summed E-state index contributed by atoms with van der Waals surface area (Å²) < 4.78 is 0. The molecule has 0 radical (unpaired) electrons. The number of likely N-dealkylation sites (N-methyl/N-ethyl adjacent to an activating group) is 1. The summed E-state index contributed by atoms with van der Waals surface area (Å²) in [6, 6.07) is 3.06. The van der Waals surface area contributed by atoms with Crippen molar-refractivity contribution in [3.05, 3.63) is 22.2 Å². The molecular formula is C9H10Cl2N2O2. The molecule has 0 spiro atoms. The van der Waals surface area contributed by atoms with E-state index in [2.05, 4.69) is 0 Å². The molecule has 0 amide bonds. The topological polar surface area (TPSA) is 66.6 Å². The molecule has 1 rings (SSSR count). The first-order valence-electron chi connectivity index (χ1n) is 4.09. The normalized spacial score (nSPS) is 10.1. The van der Waals surface area contributed by atoms with Gasteiger partial charge in [0.25, 0.3) is 0 Å². The van der Waals surface area contributed by atoms with E-state index in [1.807, 2.05) is 0 Å². The van der Waals surface area contributed by atoms with Crippen LogP contribution >= 0.6 is 23.2 Å². The molecule has 0 fully saturated rings. The van der Waals surface area contributed by atoms with Crippen molar-refractivity contribution in [1.82, 2.24) is 0 Å². The van der Waals surface area contributed by atoms with Gasteiger partial charge >= 0.3 is 5.97 Å².